The standard InChI is InChI=1S/C19H29BrCl2OSi/c1-13(2)24(14(3)4,15(5)6)19(20)18(22)16-7-9-17(10-8-16)23-12-11-21/h7-10,13-15H,11-12H2,1-6H3/b19-18+. The minimum Gasteiger partial charge on any atom is -0.492 e. The summed E-state index contributed by atoms with van der Waals surface area (Å²) < 4.78 is 6.77. The molecule has 0 saturated carbocycles. The third-order valence-electron chi connectivity index (χ3n) is 4.89. The van der Waals surface area contributed by atoms with Crippen LogP contribution in [0.2, 0.25) is 16.6 Å². The molecule has 1 aromatic rings. The first kappa shape index (κ1) is 22.1. The molecule has 0 saturated heterocycles. The Morgan fingerprint density at radius 2 is 1.46 bits per heavy atom. The van der Waals surface area contributed by atoms with Crippen LogP contribution in [0.4, 0.5) is 0 Å². The van der Waals surface area contributed by atoms with E-state index in [1.165, 1.54) is 4.11 Å². The number of benzene rings is 1. The number of alkyl halides is 1. The van der Waals surface area contributed by atoms with Gasteiger partial charge in [-0.25, -0.2) is 0 Å². The highest BCUT2D eigenvalue weighted by molar-refractivity contribution is 9.12. The maximum Gasteiger partial charge on any atom is 0.119 e. The summed E-state index contributed by atoms with van der Waals surface area (Å²) in [5.41, 5.74) is 2.84. The normalized spacial score (nSPS) is 13.7. The summed E-state index contributed by atoms with van der Waals surface area (Å²) >= 11 is 16.4. The molecule has 0 aromatic heterocycles. The van der Waals surface area contributed by atoms with E-state index in [4.69, 9.17) is 27.9 Å². The third kappa shape index (κ3) is 4.60. The van der Waals surface area contributed by atoms with E-state index in [9.17, 15) is 0 Å². The van der Waals surface area contributed by atoms with Crippen LogP contribution in [0.1, 0.15) is 47.1 Å². The first-order valence-electron chi connectivity index (χ1n) is 8.54. The largest absolute Gasteiger partial charge is 0.492 e. The van der Waals surface area contributed by atoms with E-state index in [1.807, 2.05) is 24.3 Å². The molecule has 5 heteroatoms. The summed E-state index contributed by atoms with van der Waals surface area (Å²) in [6.07, 6.45) is 0. The average Bonchev–Trinajstić information content (AvgIpc) is 2.52. The minimum atomic E-state index is -1.80. The molecule has 0 unspecified atom stereocenters. The number of hydrogen-bond donors (Lipinski definition) is 0. The van der Waals surface area contributed by atoms with Crippen molar-refractivity contribution in [1.29, 1.82) is 0 Å². The fourth-order valence-electron chi connectivity index (χ4n) is 3.93. The lowest BCUT2D eigenvalue weighted by Gasteiger charge is -2.43. The second-order valence-corrected chi connectivity index (χ2v) is 15.2. The SMILES string of the molecule is CC(C)[Si](/C(Br)=C(/Cl)c1ccc(OCCCl)cc1)(C(C)C)C(C)C. The van der Waals surface area contributed by atoms with E-state index in [2.05, 4.69) is 57.5 Å². The summed E-state index contributed by atoms with van der Waals surface area (Å²) in [6, 6.07) is 7.95. The second kappa shape index (κ2) is 9.66. The van der Waals surface area contributed by atoms with Gasteiger partial charge in [0.1, 0.15) is 20.4 Å². The van der Waals surface area contributed by atoms with Crippen LogP contribution in [0.5, 0.6) is 5.75 Å². The highest BCUT2D eigenvalue weighted by Gasteiger charge is 2.46. The van der Waals surface area contributed by atoms with E-state index in [1.54, 1.807) is 0 Å². The molecule has 0 aliphatic rings. The molecule has 24 heavy (non-hydrogen) atoms. The van der Waals surface area contributed by atoms with Crippen molar-refractivity contribution in [2.75, 3.05) is 12.5 Å². The van der Waals surface area contributed by atoms with E-state index in [-0.39, 0.29) is 0 Å². The van der Waals surface area contributed by atoms with Crippen molar-refractivity contribution in [1.82, 2.24) is 0 Å². The van der Waals surface area contributed by atoms with E-state index in [0.717, 1.165) is 16.3 Å². The van der Waals surface area contributed by atoms with Crippen molar-refractivity contribution in [3.8, 4) is 5.75 Å². The zero-order valence-electron chi connectivity index (χ0n) is 15.5. The molecule has 0 radical (unpaired) electrons. The molecular weight excluding hydrogens is 423 g/mol. The predicted molar refractivity (Wildman–Crippen MR) is 115 cm³/mol. The van der Waals surface area contributed by atoms with Crippen molar-refractivity contribution < 1.29 is 4.74 Å². The van der Waals surface area contributed by atoms with Gasteiger partial charge in [0.05, 0.1) is 10.9 Å². The Morgan fingerprint density at radius 1 is 1.00 bits per heavy atom. The summed E-state index contributed by atoms with van der Waals surface area (Å²) in [5, 5.41) is 0.835. The van der Waals surface area contributed by atoms with E-state index < -0.39 is 8.07 Å². The quantitative estimate of drug-likeness (QED) is 0.289. The summed E-state index contributed by atoms with van der Waals surface area (Å²) in [6.45, 7) is 14.5. The molecule has 0 spiro atoms. The van der Waals surface area contributed by atoms with Crippen molar-refractivity contribution in [2.24, 2.45) is 0 Å². The third-order valence-corrected chi connectivity index (χ3v) is 15.0. The van der Waals surface area contributed by atoms with Gasteiger partial charge in [-0.15, -0.1) is 11.6 Å². The second-order valence-electron chi connectivity index (χ2n) is 7.09. The number of hydrogen-bond acceptors (Lipinski definition) is 1. The lowest BCUT2D eigenvalue weighted by atomic mass is 10.2. The highest BCUT2D eigenvalue weighted by atomic mass is 79.9. The molecule has 0 fully saturated rings. The first-order valence-corrected chi connectivity index (χ1v) is 12.5. The van der Waals surface area contributed by atoms with E-state index in [0.29, 0.717) is 29.1 Å². The van der Waals surface area contributed by atoms with Crippen LogP contribution >= 0.6 is 39.1 Å². The molecule has 1 nitrogen and oxygen atoms in total. The molecule has 0 heterocycles. The fraction of sp³-hybridized carbons (Fsp3) is 0.579. The lowest BCUT2D eigenvalue weighted by Crippen LogP contribution is -2.45. The van der Waals surface area contributed by atoms with Crippen molar-refractivity contribution in [2.45, 2.75) is 58.2 Å². The smallest absolute Gasteiger partial charge is 0.119 e. The van der Waals surface area contributed by atoms with Gasteiger partial charge in [-0.1, -0.05) is 69.1 Å². The first-order chi connectivity index (χ1) is 11.2. The van der Waals surface area contributed by atoms with Crippen LogP contribution in [-0.2, 0) is 0 Å². The van der Waals surface area contributed by atoms with Gasteiger partial charge in [0.15, 0.2) is 0 Å². The van der Waals surface area contributed by atoms with Crippen LogP contribution in [0, 0.1) is 0 Å². The number of halogens is 3. The minimum absolute atomic E-state index is 0.485. The van der Waals surface area contributed by atoms with Gasteiger partial charge in [-0.2, -0.15) is 0 Å². The van der Waals surface area contributed by atoms with E-state index >= 15 is 0 Å². The van der Waals surface area contributed by atoms with Crippen LogP contribution in [0.15, 0.2) is 28.4 Å². The van der Waals surface area contributed by atoms with Crippen molar-refractivity contribution >= 4 is 52.2 Å². The molecule has 136 valence electrons. The Balaban J connectivity index is 3.30. The Hall–Kier alpha value is 0.0369. The number of ether oxygens (including phenoxy) is 1. The number of rotatable bonds is 8. The Labute approximate surface area is 166 Å². The van der Waals surface area contributed by atoms with Crippen LogP contribution in [0.3, 0.4) is 0 Å². The summed E-state index contributed by atoms with van der Waals surface area (Å²) in [4.78, 5) is 0. The monoisotopic (exact) mass is 450 g/mol. The predicted octanol–water partition coefficient (Wildman–Crippen LogP) is 7.82. The zero-order chi connectivity index (χ0) is 18.5. The Morgan fingerprint density at radius 3 is 1.83 bits per heavy atom. The molecule has 1 rings (SSSR count). The van der Waals surface area contributed by atoms with Crippen LogP contribution in [-0.4, -0.2) is 20.6 Å². The molecule has 0 amide bonds. The van der Waals surface area contributed by atoms with Gasteiger partial charge in [0.2, 0.25) is 0 Å². The zero-order valence-corrected chi connectivity index (χ0v) is 19.6. The van der Waals surface area contributed by atoms with Crippen molar-refractivity contribution in [3.05, 3.63) is 33.9 Å². The van der Waals surface area contributed by atoms with Gasteiger partial charge in [-0.05, 0) is 46.5 Å². The molecule has 0 N–H and O–H groups in total. The van der Waals surface area contributed by atoms with Gasteiger partial charge in [0, 0.05) is 4.11 Å². The fourth-order valence-corrected chi connectivity index (χ4v) is 15.0. The van der Waals surface area contributed by atoms with Gasteiger partial charge in [-0.3, -0.25) is 0 Å². The maximum absolute atomic E-state index is 6.84. The lowest BCUT2D eigenvalue weighted by molar-refractivity contribution is 0.343. The highest BCUT2D eigenvalue weighted by Crippen LogP contribution is 2.51. The van der Waals surface area contributed by atoms with Gasteiger partial charge in [0.25, 0.3) is 0 Å². The molecule has 0 atom stereocenters. The molecular formula is C19H29BrCl2OSi. The summed E-state index contributed by atoms with van der Waals surface area (Å²) in [7, 11) is -1.80. The molecule has 0 aliphatic carbocycles. The topological polar surface area (TPSA) is 9.23 Å². The molecule has 0 bridgehead atoms. The van der Waals surface area contributed by atoms with Crippen LogP contribution in [0.25, 0.3) is 5.03 Å². The Kier molecular flexibility index (Phi) is 8.88. The molecule has 1 aromatic carbocycles. The summed E-state index contributed by atoms with van der Waals surface area (Å²) in [5.74, 6) is 1.30. The van der Waals surface area contributed by atoms with Gasteiger partial charge < -0.3 is 4.74 Å². The van der Waals surface area contributed by atoms with Crippen molar-refractivity contribution in [3.63, 3.8) is 0 Å². The average molecular weight is 452 g/mol. The maximum atomic E-state index is 6.84. The molecule has 0 aliphatic heterocycles. The van der Waals surface area contributed by atoms with Crippen LogP contribution < -0.4 is 4.74 Å². The van der Waals surface area contributed by atoms with Gasteiger partial charge >= 0.3 is 0 Å². The Bertz CT molecular complexity index is 531.